The summed E-state index contributed by atoms with van der Waals surface area (Å²) >= 11 is 6.17. The van der Waals surface area contributed by atoms with E-state index in [2.05, 4.69) is 31.0 Å². The lowest BCUT2D eigenvalue weighted by Crippen LogP contribution is -2.47. The molecule has 0 radical (unpaired) electrons. The molecule has 2 amide bonds. The van der Waals surface area contributed by atoms with E-state index in [1.807, 2.05) is 52.0 Å². The maximum Gasteiger partial charge on any atom is 0.315 e. The summed E-state index contributed by atoms with van der Waals surface area (Å²) in [5, 5.41) is 15.1. The molecule has 31 heavy (non-hydrogen) atoms. The summed E-state index contributed by atoms with van der Waals surface area (Å²) in [6.45, 7) is 8.87. The highest BCUT2D eigenvalue weighted by Gasteiger charge is 2.18. The van der Waals surface area contributed by atoms with E-state index in [1.54, 1.807) is 11.8 Å². The number of halogens is 1. The van der Waals surface area contributed by atoms with Gasteiger partial charge in [-0.3, -0.25) is 0 Å². The molecule has 166 valence electrons. The van der Waals surface area contributed by atoms with Gasteiger partial charge in [-0.15, -0.1) is 0 Å². The Morgan fingerprint density at radius 2 is 2.00 bits per heavy atom. The third kappa shape index (κ3) is 5.83. The lowest BCUT2D eigenvalue weighted by molar-refractivity contribution is 0.178. The fourth-order valence-electron chi connectivity index (χ4n) is 3.08. The standard InChI is InChI=1S/C21H28ClN7O2/c1-13-17-18(23-9-10-24-20(30)27-21(2,3)4)25-16(12-31-5)26-19(17)29(28-13)15-8-6-7-14(22)11-15/h6-8,11H,9-10,12H2,1-5H3,(H,23,25,26)(H2,24,27,30). The van der Waals surface area contributed by atoms with Gasteiger partial charge in [0.15, 0.2) is 11.5 Å². The molecular weight excluding hydrogens is 418 g/mol. The molecule has 3 aromatic rings. The number of anilines is 1. The third-order valence-electron chi connectivity index (χ3n) is 4.27. The largest absolute Gasteiger partial charge is 0.377 e. The first-order chi connectivity index (χ1) is 14.7. The van der Waals surface area contributed by atoms with Gasteiger partial charge in [0.1, 0.15) is 12.4 Å². The summed E-state index contributed by atoms with van der Waals surface area (Å²) in [4.78, 5) is 21.2. The van der Waals surface area contributed by atoms with E-state index in [-0.39, 0.29) is 18.2 Å². The normalized spacial score (nSPS) is 11.5. The average Bonchev–Trinajstić information content (AvgIpc) is 3.01. The Labute approximate surface area is 186 Å². The Morgan fingerprint density at radius 1 is 1.23 bits per heavy atom. The zero-order chi connectivity index (χ0) is 22.6. The number of methoxy groups -OCH3 is 1. The number of benzene rings is 1. The zero-order valence-corrected chi connectivity index (χ0v) is 19.2. The van der Waals surface area contributed by atoms with Crippen LogP contribution in [0.25, 0.3) is 16.7 Å². The van der Waals surface area contributed by atoms with Gasteiger partial charge in [0.2, 0.25) is 0 Å². The van der Waals surface area contributed by atoms with Crippen molar-refractivity contribution >= 4 is 34.5 Å². The van der Waals surface area contributed by atoms with Crippen LogP contribution in [0.15, 0.2) is 24.3 Å². The molecule has 0 unspecified atom stereocenters. The van der Waals surface area contributed by atoms with Crippen molar-refractivity contribution in [3.05, 3.63) is 40.8 Å². The van der Waals surface area contributed by atoms with Crippen molar-refractivity contribution in [1.29, 1.82) is 0 Å². The van der Waals surface area contributed by atoms with Gasteiger partial charge >= 0.3 is 6.03 Å². The summed E-state index contributed by atoms with van der Waals surface area (Å²) < 4.78 is 6.99. The van der Waals surface area contributed by atoms with Gasteiger partial charge < -0.3 is 20.7 Å². The van der Waals surface area contributed by atoms with E-state index in [9.17, 15) is 4.79 Å². The van der Waals surface area contributed by atoms with Crippen LogP contribution in [0.4, 0.5) is 10.6 Å². The molecule has 0 saturated heterocycles. The molecule has 0 saturated carbocycles. The first-order valence-corrected chi connectivity index (χ1v) is 10.4. The molecule has 0 bridgehead atoms. The van der Waals surface area contributed by atoms with Crippen LogP contribution in [0.1, 0.15) is 32.3 Å². The number of urea groups is 1. The van der Waals surface area contributed by atoms with Crippen LogP contribution >= 0.6 is 11.6 Å². The number of nitrogens with one attached hydrogen (secondary N) is 3. The number of fused-ring (bicyclic) bond motifs is 1. The Bertz CT molecular complexity index is 1080. The summed E-state index contributed by atoms with van der Waals surface area (Å²) in [6, 6.07) is 7.21. The van der Waals surface area contributed by atoms with Gasteiger partial charge in [-0.1, -0.05) is 17.7 Å². The monoisotopic (exact) mass is 445 g/mol. The molecule has 0 aliphatic rings. The van der Waals surface area contributed by atoms with Gasteiger partial charge in [0.05, 0.1) is 16.8 Å². The van der Waals surface area contributed by atoms with Crippen LogP contribution in [0.5, 0.6) is 0 Å². The van der Waals surface area contributed by atoms with Crippen LogP contribution in [0, 0.1) is 6.92 Å². The lowest BCUT2D eigenvalue weighted by Gasteiger charge is -2.20. The highest BCUT2D eigenvalue weighted by molar-refractivity contribution is 6.30. The van der Waals surface area contributed by atoms with E-state index >= 15 is 0 Å². The van der Waals surface area contributed by atoms with Gasteiger partial charge in [-0.2, -0.15) is 5.10 Å². The number of aromatic nitrogens is 4. The smallest absolute Gasteiger partial charge is 0.315 e. The fourth-order valence-corrected chi connectivity index (χ4v) is 3.26. The number of hydrogen-bond donors (Lipinski definition) is 3. The number of ether oxygens (including phenoxy) is 1. The number of amides is 2. The molecule has 10 heteroatoms. The maximum atomic E-state index is 11.9. The molecule has 3 rings (SSSR count). The first kappa shape index (κ1) is 22.8. The summed E-state index contributed by atoms with van der Waals surface area (Å²) in [5.74, 6) is 1.17. The highest BCUT2D eigenvalue weighted by atomic mass is 35.5. The van der Waals surface area contributed by atoms with Crippen molar-refractivity contribution < 1.29 is 9.53 Å². The third-order valence-corrected chi connectivity index (χ3v) is 4.50. The van der Waals surface area contributed by atoms with E-state index < -0.39 is 0 Å². The molecule has 0 atom stereocenters. The molecule has 0 fully saturated rings. The molecule has 2 aromatic heterocycles. The Morgan fingerprint density at radius 3 is 2.68 bits per heavy atom. The molecule has 3 N–H and O–H groups in total. The van der Waals surface area contributed by atoms with E-state index in [0.29, 0.717) is 35.4 Å². The number of carbonyl (C=O) groups is 1. The summed E-state index contributed by atoms with van der Waals surface area (Å²) in [6.07, 6.45) is 0. The second-order valence-electron chi connectivity index (χ2n) is 8.15. The number of nitrogens with zero attached hydrogens (tertiary/aromatic N) is 4. The Hall–Kier alpha value is -2.91. The van der Waals surface area contributed by atoms with Crippen molar-refractivity contribution in [3.8, 4) is 5.69 Å². The maximum absolute atomic E-state index is 11.9. The molecule has 1 aromatic carbocycles. The fraction of sp³-hybridized carbons (Fsp3) is 0.429. The minimum absolute atomic E-state index is 0.216. The Balaban J connectivity index is 1.86. The molecule has 2 heterocycles. The van der Waals surface area contributed by atoms with Gasteiger partial charge in [0, 0.05) is 30.8 Å². The van der Waals surface area contributed by atoms with Crippen LogP contribution < -0.4 is 16.0 Å². The number of aryl methyl sites for hydroxylation is 1. The van der Waals surface area contributed by atoms with Crippen LogP contribution in [0.3, 0.4) is 0 Å². The molecule has 0 aliphatic heterocycles. The minimum Gasteiger partial charge on any atom is -0.377 e. The summed E-state index contributed by atoms with van der Waals surface area (Å²) in [5.41, 5.74) is 1.94. The minimum atomic E-state index is -0.294. The second-order valence-corrected chi connectivity index (χ2v) is 8.59. The second kappa shape index (κ2) is 9.49. The quantitative estimate of drug-likeness (QED) is 0.481. The first-order valence-electron chi connectivity index (χ1n) is 9.99. The number of carbonyl (C=O) groups excluding carboxylic acids is 1. The summed E-state index contributed by atoms with van der Waals surface area (Å²) in [7, 11) is 1.60. The van der Waals surface area contributed by atoms with Crippen molar-refractivity contribution in [1.82, 2.24) is 30.4 Å². The topological polar surface area (TPSA) is 106 Å². The highest BCUT2D eigenvalue weighted by Crippen LogP contribution is 2.27. The van der Waals surface area contributed by atoms with E-state index in [4.69, 9.17) is 16.3 Å². The van der Waals surface area contributed by atoms with Crippen LogP contribution in [0.2, 0.25) is 5.02 Å². The van der Waals surface area contributed by atoms with Crippen LogP contribution in [-0.4, -0.2) is 51.5 Å². The number of hydrogen-bond acceptors (Lipinski definition) is 6. The van der Waals surface area contributed by atoms with Crippen molar-refractivity contribution in [2.75, 3.05) is 25.5 Å². The van der Waals surface area contributed by atoms with Crippen molar-refractivity contribution in [3.63, 3.8) is 0 Å². The molecule has 0 spiro atoms. The van der Waals surface area contributed by atoms with Crippen molar-refractivity contribution in [2.45, 2.75) is 39.8 Å². The SMILES string of the molecule is COCc1nc(NCCNC(=O)NC(C)(C)C)c2c(C)nn(-c3cccc(Cl)c3)c2n1. The van der Waals surface area contributed by atoms with Crippen molar-refractivity contribution in [2.24, 2.45) is 0 Å². The number of rotatable bonds is 7. The lowest BCUT2D eigenvalue weighted by atomic mass is 10.1. The molecular formula is C21H28ClN7O2. The van der Waals surface area contributed by atoms with Crippen LogP contribution in [-0.2, 0) is 11.3 Å². The van der Waals surface area contributed by atoms with Gasteiger partial charge in [0.25, 0.3) is 0 Å². The van der Waals surface area contributed by atoms with E-state index in [0.717, 1.165) is 16.8 Å². The average molecular weight is 446 g/mol. The predicted molar refractivity (Wildman–Crippen MR) is 122 cm³/mol. The zero-order valence-electron chi connectivity index (χ0n) is 18.4. The Kier molecular flexibility index (Phi) is 6.97. The molecule has 9 nitrogen and oxygen atoms in total. The van der Waals surface area contributed by atoms with E-state index in [1.165, 1.54) is 0 Å². The van der Waals surface area contributed by atoms with Gasteiger partial charge in [-0.25, -0.2) is 19.4 Å². The predicted octanol–water partition coefficient (Wildman–Crippen LogP) is 3.43. The molecule has 0 aliphatic carbocycles. The van der Waals surface area contributed by atoms with Gasteiger partial charge in [-0.05, 0) is 45.9 Å².